The quantitative estimate of drug-likeness (QED) is 0.792. The maximum absolute atomic E-state index is 12.8. The van der Waals surface area contributed by atoms with Crippen molar-refractivity contribution in [3.8, 4) is 0 Å². The Morgan fingerprint density at radius 1 is 1.26 bits per heavy atom. The molecule has 0 heterocycles. The molecule has 19 heavy (non-hydrogen) atoms. The summed E-state index contributed by atoms with van der Waals surface area (Å²) in [6.45, 7) is 3.05. The van der Waals surface area contributed by atoms with E-state index in [0.717, 1.165) is 24.3 Å². The predicted octanol–water partition coefficient (Wildman–Crippen LogP) is 3.32. The SMILES string of the molecule is CSCCC(C)N(C)CCC(O)c1ccc(F)cc1. The van der Waals surface area contributed by atoms with Crippen LogP contribution in [0.4, 0.5) is 4.39 Å². The molecule has 1 rings (SSSR count). The van der Waals surface area contributed by atoms with Gasteiger partial charge in [0.2, 0.25) is 0 Å². The number of nitrogens with zero attached hydrogens (tertiary/aromatic N) is 1. The third-order valence-corrected chi connectivity index (χ3v) is 4.15. The van der Waals surface area contributed by atoms with Crippen LogP contribution in [0.3, 0.4) is 0 Å². The normalized spacial score (nSPS) is 14.6. The molecule has 2 unspecified atom stereocenters. The Kier molecular flexibility index (Phi) is 7.42. The van der Waals surface area contributed by atoms with Crippen molar-refractivity contribution in [2.24, 2.45) is 0 Å². The third-order valence-electron chi connectivity index (χ3n) is 3.50. The molecular weight excluding hydrogens is 261 g/mol. The Morgan fingerprint density at radius 3 is 2.47 bits per heavy atom. The van der Waals surface area contributed by atoms with E-state index in [4.69, 9.17) is 0 Å². The molecule has 108 valence electrons. The van der Waals surface area contributed by atoms with Gasteiger partial charge < -0.3 is 10.0 Å². The highest BCUT2D eigenvalue weighted by molar-refractivity contribution is 7.98. The van der Waals surface area contributed by atoms with Gasteiger partial charge in [-0.25, -0.2) is 4.39 Å². The first-order chi connectivity index (χ1) is 9.04. The van der Waals surface area contributed by atoms with Crippen molar-refractivity contribution in [1.29, 1.82) is 0 Å². The van der Waals surface area contributed by atoms with Crippen LogP contribution in [0.5, 0.6) is 0 Å². The first-order valence-corrected chi connectivity index (χ1v) is 8.06. The van der Waals surface area contributed by atoms with E-state index in [0.29, 0.717) is 12.5 Å². The second kappa shape index (κ2) is 8.56. The maximum Gasteiger partial charge on any atom is 0.123 e. The number of aliphatic hydroxyl groups excluding tert-OH is 1. The van der Waals surface area contributed by atoms with E-state index in [1.54, 1.807) is 12.1 Å². The van der Waals surface area contributed by atoms with Gasteiger partial charge in [-0.1, -0.05) is 12.1 Å². The fourth-order valence-corrected chi connectivity index (χ4v) is 2.48. The highest BCUT2D eigenvalue weighted by atomic mass is 32.2. The molecular formula is C15H24FNOS. The molecule has 4 heteroatoms. The molecule has 0 saturated carbocycles. The fourth-order valence-electron chi connectivity index (χ4n) is 1.91. The van der Waals surface area contributed by atoms with E-state index in [-0.39, 0.29) is 5.82 Å². The van der Waals surface area contributed by atoms with Crippen molar-refractivity contribution in [1.82, 2.24) is 4.90 Å². The van der Waals surface area contributed by atoms with Crippen molar-refractivity contribution >= 4 is 11.8 Å². The van der Waals surface area contributed by atoms with Crippen molar-refractivity contribution in [3.05, 3.63) is 35.6 Å². The van der Waals surface area contributed by atoms with Gasteiger partial charge in [-0.3, -0.25) is 0 Å². The lowest BCUT2D eigenvalue weighted by Crippen LogP contribution is -2.31. The molecule has 0 aliphatic rings. The van der Waals surface area contributed by atoms with Gasteiger partial charge in [0.15, 0.2) is 0 Å². The number of thioether (sulfide) groups is 1. The van der Waals surface area contributed by atoms with Gasteiger partial charge >= 0.3 is 0 Å². The van der Waals surface area contributed by atoms with E-state index in [9.17, 15) is 9.50 Å². The molecule has 0 aliphatic heterocycles. The van der Waals surface area contributed by atoms with Crippen LogP contribution >= 0.6 is 11.8 Å². The second-order valence-corrected chi connectivity index (χ2v) is 5.95. The molecule has 0 spiro atoms. The highest BCUT2D eigenvalue weighted by Crippen LogP contribution is 2.18. The van der Waals surface area contributed by atoms with Crippen molar-refractivity contribution < 1.29 is 9.50 Å². The Labute approximate surface area is 120 Å². The molecule has 1 aromatic carbocycles. The minimum absolute atomic E-state index is 0.265. The second-order valence-electron chi connectivity index (χ2n) is 4.97. The first kappa shape index (κ1) is 16.5. The Hall–Kier alpha value is -0.580. The summed E-state index contributed by atoms with van der Waals surface area (Å²) in [4.78, 5) is 2.27. The lowest BCUT2D eigenvalue weighted by molar-refractivity contribution is 0.138. The minimum atomic E-state index is -0.518. The lowest BCUT2D eigenvalue weighted by atomic mass is 10.1. The molecule has 0 aromatic heterocycles. The van der Waals surface area contributed by atoms with Crippen LogP contribution in [-0.4, -0.2) is 41.6 Å². The van der Waals surface area contributed by atoms with Crippen LogP contribution in [0, 0.1) is 5.82 Å². The van der Waals surface area contributed by atoms with E-state index in [1.807, 2.05) is 11.8 Å². The third kappa shape index (κ3) is 5.93. The fraction of sp³-hybridized carbons (Fsp3) is 0.600. The molecule has 2 atom stereocenters. The molecule has 0 aliphatic carbocycles. The topological polar surface area (TPSA) is 23.5 Å². The monoisotopic (exact) mass is 285 g/mol. The van der Waals surface area contributed by atoms with Gasteiger partial charge in [-0.05, 0) is 56.5 Å². The van der Waals surface area contributed by atoms with Crippen molar-refractivity contribution in [2.75, 3.05) is 25.6 Å². The lowest BCUT2D eigenvalue weighted by Gasteiger charge is -2.25. The van der Waals surface area contributed by atoms with E-state index >= 15 is 0 Å². The van der Waals surface area contributed by atoms with E-state index < -0.39 is 6.10 Å². The number of hydrogen-bond acceptors (Lipinski definition) is 3. The van der Waals surface area contributed by atoms with Crippen molar-refractivity contribution in [3.63, 3.8) is 0 Å². The van der Waals surface area contributed by atoms with E-state index in [1.165, 1.54) is 12.1 Å². The number of aliphatic hydroxyl groups is 1. The summed E-state index contributed by atoms with van der Waals surface area (Å²) in [7, 11) is 2.09. The van der Waals surface area contributed by atoms with Crippen LogP contribution in [0.1, 0.15) is 31.4 Å². The Balaban J connectivity index is 2.36. The van der Waals surface area contributed by atoms with Crippen LogP contribution in [0.2, 0.25) is 0 Å². The first-order valence-electron chi connectivity index (χ1n) is 6.67. The smallest absolute Gasteiger partial charge is 0.123 e. The molecule has 1 N–H and O–H groups in total. The Morgan fingerprint density at radius 2 is 1.89 bits per heavy atom. The summed E-state index contributed by atoms with van der Waals surface area (Å²) in [5.41, 5.74) is 0.784. The Bertz CT molecular complexity index is 358. The van der Waals surface area contributed by atoms with Gasteiger partial charge in [0.05, 0.1) is 6.10 Å². The molecule has 0 fully saturated rings. The summed E-state index contributed by atoms with van der Waals surface area (Å²) >= 11 is 1.86. The zero-order chi connectivity index (χ0) is 14.3. The summed E-state index contributed by atoms with van der Waals surface area (Å²) in [5, 5.41) is 10.1. The summed E-state index contributed by atoms with van der Waals surface area (Å²) in [6, 6.07) is 6.61. The van der Waals surface area contributed by atoms with Crippen LogP contribution in [0.25, 0.3) is 0 Å². The zero-order valence-corrected chi connectivity index (χ0v) is 12.8. The summed E-state index contributed by atoms with van der Waals surface area (Å²) in [5.74, 6) is 0.894. The van der Waals surface area contributed by atoms with Gasteiger partial charge in [0.1, 0.15) is 5.82 Å². The van der Waals surface area contributed by atoms with Gasteiger partial charge in [-0.15, -0.1) is 0 Å². The van der Waals surface area contributed by atoms with Gasteiger partial charge in [0.25, 0.3) is 0 Å². The average Bonchev–Trinajstić information content (AvgIpc) is 2.42. The zero-order valence-electron chi connectivity index (χ0n) is 12.0. The molecule has 0 amide bonds. The molecule has 2 nitrogen and oxygen atoms in total. The van der Waals surface area contributed by atoms with Crippen LogP contribution < -0.4 is 0 Å². The standard InChI is InChI=1S/C15H24FNOS/c1-12(9-11-19-3)17(2)10-8-15(18)13-4-6-14(16)7-5-13/h4-7,12,15,18H,8-11H2,1-3H3. The van der Waals surface area contributed by atoms with Crippen LogP contribution in [-0.2, 0) is 0 Å². The minimum Gasteiger partial charge on any atom is -0.388 e. The average molecular weight is 285 g/mol. The molecule has 0 saturated heterocycles. The maximum atomic E-state index is 12.8. The van der Waals surface area contributed by atoms with Crippen LogP contribution in [0.15, 0.2) is 24.3 Å². The number of hydrogen-bond donors (Lipinski definition) is 1. The highest BCUT2D eigenvalue weighted by Gasteiger charge is 2.12. The van der Waals surface area contributed by atoms with E-state index in [2.05, 4.69) is 25.1 Å². The van der Waals surface area contributed by atoms with Gasteiger partial charge in [0, 0.05) is 12.6 Å². The van der Waals surface area contributed by atoms with Crippen molar-refractivity contribution in [2.45, 2.75) is 31.9 Å². The predicted molar refractivity (Wildman–Crippen MR) is 81.1 cm³/mol. The molecule has 0 radical (unpaired) electrons. The van der Waals surface area contributed by atoms with Gasteiger partial charge in [-0.2, -0.15) is 11.8 Å². The summed E-state index contributed by atoms with van der Waals surface area (Å²) < 4.78 is 12.8. The molecule has 1 aromatic rings. The number of rotatable bonds is 8. The molecule has 0 bridgehead atoms. The summed E-state index contributed by atoms with van der Waals surface area (Å²) in [6.07, 6.45) is 3.43. The number of benzene rings is 1. The largest absolute Gasteiger partial charge is 0.388 e. The number of halogens is 1.